The van der Waals surface area contributed by atoms with Crippen LogP contribution in [0.3, 0.4) is 0 Å². The van der Waals surface area contributed by atoms with Crippen LogP contribution >= 0.6 is 23.4 Å². The summed E-state index contributed by atoms with van der Waals surface area (Å²) < 4.78 is 24.3. The number of hydrogen-bond acceptors (Lipinski definition) is 5. The smallest absolute Gasteiger partial charge is 0.208 e. The average molecular weight is 394 g/mol. The molecule has 2 aromatic carbocycles. The highest BCUT2D eigenvalue weighted by Crippen LogP contribution is 2.24. The standard InChI is InChI=1S/C18H17ClFN3O2S/c1-11-7-13(4-5-14(11)19)25-9-17-21-18(23-22-17)26-10-12-3-6-16(24-2)15(20)8-12/h3-8H,9-10H2,1-2H3,(H,21,22,23). The molecule has 0 fully saturated rings. The Balaban J connectivity index is 1.54. The number of ether oxygens (including phenoxy) is 2. The van der Waals surface area contributed by atoms with Gasteiger partial charge in [0.05, 0.1) is 7.11 Å². The van der Waals surface area contributed by atoms with Gasteiger partial charge in [-0.05, 0) is 48.4 Å². The number of aromatic amines is 1. The van der Waals surface area contributed by atoms with Crippen LogP contribution in [0, 0.1) is 12.7 Å². The van der Waals surface area contributed by atoms with Crippen LogP contribution < -0.4 is 9.47 Å². The number of halogens is 2. The van der Waals surface area contributed by atoms with Crippen molar-refractivity contribution >= 4 is 23.4 Å². The van der Waals surface area contributed by atoms with Crippen molar-refractivity contribution < 1.29 is 13.9 Å². The van der Waals surface area contributed by atoms with Crippen LogP contribution in [-0.2, 0) is 12.4 Å². The molecule has 0 bridgehead atoms. The van der Waals surface area contributed by atoms with Gasteiger partial charge in [-0.3, -0.25) is 5.10 Å². The van der Waals surface area contributed by atoms with Crippen LogP contribution in [0.15, 0.2) is 41.6 Å². The number of nitrogens with one attached hydrogen (secondary N) is 1. The summed E-state index contributed by atoms with van der Waals surface area (Å²) in [6, 6.07) is 10.3. The van der Waals surface area contributed by atoms with Crippen LogP contribution in [0.1, 0.15) is 17.0 Å². The number of methoxy groups -OCH3 is 1. The molecule has 0 atom stereocenters. The van der Waals surface area contributed by atoms with E-state index < -0.39 is 0 Å². The lowest BCUT2D eigenvalue weighted by Crippen LogP contribution is -1.98. The second kappa shape index (κ2) is 8.42. The van der Waals surface area contributed by atoms with E-state index in [-0.39, 0.29) is 18.2 Å². The Morgan fingerprint density at radius 2 is 2.08 bits per heavy atom. The molecule has 0 amide bonds. The zero-order valence-electron chi connectivity index (χ0n) is 14.3. The number of aryl methyl sites for hydroxylation is 1. The minimum absolute atomic E-state index is 0.230. The van der Waals surface area contributed by atoms with Gasteiger partial charge >= 0.3 is 0 Å². The van der Waals surface area contributed by atoms with Gasteiger partial charge in [0.25, 0.3) is 0 Å². The predicted molar refractivity (Wildman–Crippen MR) is 99.4 cm³/mol. The second-order valence-corrected chi connectivity index (χ2v) is 6.87. The molecular formula is C18H17ClFN3O2S. The van der Waals surface area contributed by atoms with Gasteiger partial charge in [0.2, 0.25) is 5.16 Å². The maximum atomic E-state index is 13.7. The first-order valence-electron chi connectivity index (χ1n) is 7.80. The molecule has 0 aliphatic rings. The number of nitrogens with zero attached hydrogens (tertiary/aromatic N) is 2. The molecule has 0 saturated heterocycles. The molecule has 0 radical (unpaired) electrons. The van der Waals surface area contributed by atoms with Crippen LogP contribution in [0.5, 0.6) is 11.5 Å². The van der Waals surface area contributed by atoms with Crippen molar-refractivity contribution in [1.29, 1.82) is 0 Å². The predicted octanol–water partition coefficient (Wildman–Crippen LogP) is 4.79. The molecule has 136 valence electrons. The minimum atomic E-state index is -0.382. The Morgan fingerprint density at radius 3 is 2.81 bits per heavy atom. The number of thioether (sulfide) groups is 1. The zero-order chi connectivity index (χ0) is 18.5. The fourth-order valence-electron chi connectivity index (χ4n) is 2.21. The lowest BCUT2D eigenvalue weighted by molar-refractivity contribution is 0.296. The van der Waals surface area contributed by atoms with Crippen LogP contribution in [-0.4, -0.2) is 22.3 Å². The van der Waals surface area contributed by atoms with E-state index in [9.17, 15) is 4.39 Å². The number of benzene rings is 2. The lowest BCUT2D eigenvalue weighted by Gasteiger charge is -2.05. The van der Waals surface area contributed by atoms with Gasteiger partial charge in [0, 0.05) is 10.8 Å². The van der Waals surface area contributed by atoms with Gasteiger partial charge in [-0.25, -0.2) is 9.37 Å². The molecule has 0 aliphatic heterocycles. The Labute approximate surface area is 159 Å². The molecule has 3 aromatic rings. The first-order chi connectivity index (χ1) is 12.5. The normalized spacial score (nSPS) is 10.8. The van der Waals surface area contributed by atoms with E-state index >= 15 is 0 Å². The summed E-state index contributed by atoms with van der Waals surface area (Å²) >= 11 is 7.40. The summed E-state index contributed by atoms with van der Waals surface area (Å²) in [5, 5.41) is 8.26. The molecule has 1 N–H and O–H groups in total. The van der Waals surface area contributed by atoms with Gasteiger partial charge in [-0.15, -0.1) is 5.10 Å². The van der Waals surface area contributed by atoms with E-state index in [1.807, 2.05) is 19.1 Å². The van der Waals surface area contributed by atoms with Crippen molar-refractivity contribution in [3.05, 3.63) is 64.2 Å². The van der Waals surface area contributed by atoms with Gasteiger partial charge in [-0.2, -0.15) is 0 Å². The highest BCUT2D eigenvalue weighted by atomic mass is 35.5. The van der Waals surface area contributed by atoms with Crippen molar-refractivity contribution in [1.82, 2.24) is 15.2 Å². The molecule has 26 heavy (non-hydrogen) atoms. The summed E-state index contributed by atoms with van der Waals surface area (Å²) in [5.74, 6) is 1.73. The molecule has 5 nitrogen and oxygen atoms in total. The Bertz CT molecular complexity index is 904. The van der Waals surface area contributed by atoms with E-state index in [0.29, 0.717) is 27.5 Å². The van der Waals surface area contributed by atoms with E-state index in [1.165, 1.54) is 24.9 Å². The van der Waals surface area contributed by atoms with Crippen LogP contribution in [0.2, 0.25) is 5.02 Å². The Morgan fingerprint density at radius 1 is 1.23 bits per heavy atom. The first-order valence-corrected chi connectivity index (χ1v) is 9.17. The van der Waals surface area contributed by atoms with E-state index in [1.54, 1.807) is 18.2 Å². The molecule has 8 heteroatoms. The third kappa shape index (κ3) is 4.68. The second-order valence-electron chi connectivity index (χ2n) is 5.52. The van der Waals surface area contributed by atoms with Crippen LogP contribution in [0.4, 0.5) is 4.39 Å². The molecule has 0 aliphatic carbocycles. The molecule has 3 rings (SSSR count). The summed E-state index contributed by atoms with van der Waals surface area (Å²) in [7, 11) is 1.44. The van der Waals surface area contributed by atoms with E-state index in [2.05, 4.69) is 15.2 Å². The van der Waals surface area contributed by atoms with Crippen LogP contribution in [0.25, 0.3) is 0 Å². The van der Waals surface area contributed by atoms with Gasteiger partial charge in [0.1, 0.15) is 12.4 Å². The van der Waals surface area contributed by atoms with Crippen molar-refractivity contribution in [3.8, 4) is 11.5 Å². The van der Waals surface area contributed by atoms with Gasteiger partial charge in [-0.1, -0.05) is 29.4 Å². The Hall–Kier alpha value is -2.25. The highest BCUT2D eigenvalue weighted by molar-refractivity contribution is 7.98. The summed E-state index contributed by atoms with van der Waals surface area (Å²) in [6.45, 7) is 2.19. The summed E-state index contributed by atoms with van der Waals surface area (Å²) in [6.07, 6.45) is 0. The van der Waals surface area contributed by atoms with Crippen molar-refractivity contribution in [2.45, 2.75) is 24.4 Å². The number of aromatic nitrogens is 3. The number of hydrogen-bond donors (Lipinski definition) is 1. The topological polar surface area (TPSA) is 60.0 Å². The van der Waals surface area contributed by atoms with Crippen molar-refractivity contribution in [2.75, 3.05) is 7.11 Å². The maximum absolute atomic E-state index is 13.7. The van der Waals surface area contributed by atoms with Crippen molar-refractivity contribution in [3.63, 3.8) is 0 Å². The van der Waals surface area contributed by atoms with Gasteiger partial charge in [0.15, 0.2) is 17.4 Å². The van der Waals surface area contributed by atoms with Gasteiger partial charge < -0.3 is 9.47 Å². The lowest BCUT2D eigenvalue weighted by atomic mass is 10.2. The molecule has 0 saturated carbocycles. The van der Waals surface area contributed by atoms with E-state index in [4.69, 9.17) is 21.1 Å². The third-order valence-corrected chi connectivity index (χ3v) is 4.94. The summed E-state index contributed by atoms with van der Waals surface area (Å²) in [4.78, 5) is 4.36. The minimum Gasteiger partial charge on any atom is -0.494 e. The molecule has 1 aromatic heterocycles. The molecule has 1 heterocycles. The fraction of sp³-hybridized carbons (Fsp3) is 0.222. The van der Waals surface area contributed by atoms with Crippen molar-refractivity contribution in [2.24, 2.45) is 0 Å². The molecule has 0 unspecified atom stereocenters. The summed E-state index contributed by atoms with van der Waals surface area (Å²) in [5.41, 5.74) is 1.78. The first kappa shape index (κ1) is 18.5. The third-order valence-electron chi connectivity index (χ3n) is 3.60. The quantitative estimate of drug-likeness (QED) is 0.585. The zero-order valence-corrected chi connectivity index (χ0v) is 15.8. The fourth-order valence-corrected chi connectivity index (χ4v) is 3.09. The highest BCUT2D eigenvalue weighted by Gasteiger charge is 2.08. The largest absolute Gasteiger partial charge is 0.494 e. The molecule has 0 spiro atoms. The van der Waals surface area contributed by atoms with E-state index in [0.717, 1.165) is 11.1 Å². The monoisotopic (exact) mass is 393 g/mol. The molecular weight excluding hydrogens is 377 g/mol. The average Bonchev–Trinajstić information content (AvgIpc) is 3.09. The number of rotatable bonds is 7. The SMILES string of the molecule is COc1ccc(CSc2n[nH]c(COc3ccc(Cl)c(C)c3)n2)cc1F. The number of H-pyrrole nitrogens is 1. The Kier molecular flexibility index (Phi) is 6.00. The maximum Gasteiger partial charge on any atom is 0.208 e.